The van der Waals surface area contributed by atoms with Crippen molar-refractivity contribution in [3.63, 3.8) is 0 Å². The van der Waals surface area contributed by atoms with Gasteiger partial charge < -0.3 is 5.32 Å². The van der Waals surface area contributed by atoms with Gasteiger partial charge in [-0.15, -0.1) is 11.3 Å². The monoisotopic (exact) mass is 388 g/mol. The average molecular weight is 388 g/mol. The number of aromatic nitrogens is 3. The lowest BCUT2D eigenvalue weighted by Gasteiger charge is -2.18. The molecule has 1 N–H and O–H groups in total. The fourth-order valence-corrected chi connectivity index (χ4v) is 4.02. The first-order valence-electron chi connectivity index (χ1n) is 9.00. The van der Waals surface area contributed by atoms with Crippen LogP contribution in [0.4, 0.5) is 0 Å². The first kappa shape index (κ1) is 18.1. The number of carbonyl (C=O) groups is 1. The Morgan fingerprint density at radius 3 is 2.57 bits per heavy atom. The lowest BCUT2D eigenvalue weighted by Crippen LogP contribution is -2.29. The lowest BCUT2D eigenvalue weighted by molar-refractivity contribution is 0.0943. The largest absolute Gasteiger partial charge is 0.340 e. The van der Waals surface area contributed by atoms with Crippen LogP contribution >= 0.6 is 11.3 Å². The van der Waals surface area contributed by atoms with Crippen LogP contribution in [0.2, 0.25) is 0 Å². The van der Waals surface area contributed by atoms with Crippen LogP contribution in [0.15, 0.2) is 72.4 Å². The van der Waals surface area contributed by atoms with Crippen LogP contribution in [-0.2, 0) is 0 Å². The highest BCUT2D eigenvalue weighted by Gasteiger charge is 2.19. The molecule has 140 valence electrons. The van der Waals surface area contributed by atoms with Gasteiger partial charge in [-0.25, -0.2) is 4.68 Å². The Labute approximate surface area is 167 Å². The van der Waals surface area contributed by atoms with Crippen LogP contribution in [0.25, 0.3) is 5.69 Å². The van der Waals surface area contributed by atoms with Gasteiger partial charge in [0.05, 0.1) is 17.4 Å². The van der Waals surface area contributed by atoms with Gasteiger partial charge >= 0.3 is 0 Å². The van der Waals surface area contributed by atoms with E-state index in [4.69, 9.17) is 0 Å². The van der Waals surface area contributed by atoms with E-state index in [0.29, 0.717) is 5.56 Å². The van der Waals surface area contributed by atoms with Gasteiger partial charge in [0.15, 0.2) is 0 Å². The molecule has 1 atom stereocenters. The summed E-state index contributed by atoms with van der Waals surface area (Å²) < 4.78 is 1.85. The minimum absolute atomic E-state index is 0.126. The van der Waals surface area contributed by atoms with Gasteiger partial charge in [-0.1, -0.05) is 12.1 Å². The molecule has 4 rings (SSSR count). The minimum Gasteiger partial charge on any atom is -0.340 e. The van der Waals surface area contributed by atoms with E-state index in [0.717, 1.165) is 27.5 Å². The summed E-state index contributed by atoms with van der Waals surface area (Å²) >= 11 is 1.62. The normalized spacial score (nSPS) is 11.9. The van der Waals surface area contributed by atoms with Crippen molar-refractivity contribution in [2.75, 3.05) is 0 Å². The summed E-state index contributed by atoms with van der Waals surface area (Å²) in [6, 6.07) is 17.2. The number of carbonyl (C=O) groups excluding carboxylic acids is 1. The second kappa shape index (κ2) is 7.78. The fraction of sp³-hybridized carbons (Fsp3) is 0.136. The molecule has 1 aromatic carbocycles. The van der Waals surface area contributed by atoms with Gasteiger partial charge in [-0.3, -0.25) is 9.78 Å². The number of hydrogen-bond donors (Lipinski definition) is 1. The van der Waals surface area contributed by atoms with E-state index in [1.54, 1.807) is 23.7 Å². The van der Waals surface area contributed by atoms with Crippen LogP contribution in [0.1, 0.15) is 38.2 Å². The summed E-state index contributed by atoms with van der Waals surface area (Å²) in [7, 11) is 0. The van der Waals surface area contributed by atoms with Crippen molar-refractivity contribution >= 4 is 17.2 Å². The van der Waals surface area contributed by atoms with Crippen molar-refractivity contribution in [3.05, 3.63) is 99.8 Å². The van der Waals surface area contributed by atoms with Crippen molar-refractivity contribution in [2.24, 2.45) is 0 Å². The Morgan fingerprint density at radius 1 is 1.07 bits per heavy atom. The Balaban J connectivity index is 1.64. The maximum absolute atomic E-state index is 13.0. The van der Waals surface area contributed by atoms with Crippen LogP contribution in [0.5, 0.6) is 0 Å². The smallest absolute Gasteiger partial charge is 0.252 e. The first-order valence-corrected chi connectivity index (χ1v) is 9.87. The van der Waals surface area contributed by atoms with Gasteiger partial charge in [0.25, 0.3) is 5.91 Å². The molecule has 3 aromatic heterocycles. The third-order valence-corrected chi connectivity index (χ3v) is 5.44. The molecule has 0 saturated carbocycles. The summed E-state index contributed by atoms with van der Waals surface area (Å²) in [6.45, 7) is 3.96. The van der Waals surface area contributed by atoms with Gasteiger partial charge in [0.2, 0.25) is 0 Å². The van der Waals surface area contributed by atoms with Crippen LogP contribution in [0, 0.1) is 13.8 Å². The van der Waals surface area contributed by atoms with Crippen LogP contribution < -0.4 is 5.32 Å². The van der Waals surface area contributed by atoms with Gasteiger partial charge in [-0.2, -0.15) is 5.10 Å². The van der Waals surface area contributed by atoms with Gasteiger partial charge in [0.1, 0.15) is 0 Å². The van der Waals surface area contributed by atoms with Gasteiger partial charge in [-0.05, 0) is 67.3 Å². The van der Waals surface area contributed by atoms with E-state index < -0.39 is 0 Å². The number of benzene rings is 1. The molecule has 3 heterocycles. The summed E-state index contributed by atoms with van der Waals surface area (Å²) in [5.41, 5.74) is 4.45. The molecule has 28 heavy (non-hydrogen) atoms. The topological polar surface area (TPSA) is 59.8 Å². The molecule has 0 aliphatic rings. The molecule has 0 saturated heterocycles. The zero-order chi connectivity index (χ0) is 19.5. The molecule has 0 unspecified atom stereocenters. The predicted octanol–water partition coefficient (Wildman–Crippen LogP) is 4.47. The minimum atomic E-state index is -0.215. The maximum atomic E-state index is 13.0. The number of amides is 1. The van der Waals surface area contributed by atoms with Crippen molar-refractivity contribution in [1.82, 2.24) is 20.1 Å². The number of nitrogens with one attached hydrogen (secondary N) is 1. The number of thiophene rings is 1. The molecule has 0 aliphatic carbocycles. The molecular weight excluding hydrogens is 368 g/mol. The average Bonchev–Trinajstić information content (AvgIpc) is 3.36. The van der Waals surface area contributed by atoms with E-state index in [9.17, 15) is 4.79 Å². The Bertz CT molecular complexity index is 1090. The van der Waals surface area contributed by atoms with Crippen LogP contribution in [0.3, 0.4) is 0 Å². The summed E-state index contributed by atoms with van der Waals surface area (Å²) in [5, 5.41) is 9.69. The van der Waals surface area contributed by atoms with Crippen LogP contribution in [-0.4, -0.2) is 20.7 Å². The van der Waals surface area contributed by atoms with E-state index in [1.165, 1.54) is 0 Å². The highest BCUT2D eigenvalue weighted by Crippen LogP contribution is 2.26. The van der Waals surface area contributed by atoms with Gasteiger partial charge in [0, 0.05) is 28.5 Å². The fourth-order valence-electron chi connectivity index (χ4n) is 3.21. The molecule has 4 aromatic rings. The van der Waals surface area contributed by atoms with Crippen molar-refractivity contribution in [1.29, 1.82) is 0 Å². The number of rotatable bonds is 5. The maximum Gasteiger partial charge on any atom is 0.252 e. The van der Waals surface area contributed by atoms with E-state index in [1.807, 2.05) is 78.5 Å². The SMILES string of the molecule is Cc1cc(C)n(-c2cccc(C(=O)N[C@H](c3ccncc3)c3cccs3)c2)n1. The molecular formula is C22H20N4OS. The zero-order valence-corrected chi connectivity index (χ0v) is 16.5. The predicted molar refractivity (Wildman–Crippen MR) is 111 cm³/mol. The second-order valence-electron chi connectivity index (χ2n) is 6.59. The standard InChI is InChI=1S/C22H20N4OS/c1-15-13-16(2)26(25-15)19-6-3-5-18(14-19)22(27)24-21(20-7-4-12-28-20)17-8-10-23-11-9-17/h3-14,21H,1-2H3,(H,24,27)/t21-/m1/s1. The third-order valence-electron chi connectivity index (χ3n) is 4.51. The highest BCUT2D eigenvalue weighted by atomic mass is 32.1. The molecule has 0 spiro atoms. The molecule has 0 fully saturated rings. The van der Waals surface area contributed by atoms with E-state index in [-0.39, 0.29) is 11.9 Å². The summed E-state index contributed by atoms with van der Waals surface area (Å²) in [5.74, 6) is -0.126. The van der Waals surface area contributed by atoms with Crippen molar-refractivity contribution < 1.29 is 4.79 Å². The zero-order valence-electron chi connectivity index (χ0n) is 15.7. The molecule has 0 aliphatic heterocycles. The Kier molecular flexibility index (Phi) is 5.04. The summed E-state index contributed by atoms with van der Waals surface area (Å²) in [4.78, 5) is 18.2. The Hall–Kier alpha value is -3.25. The number of nitrogens with zero attached hydrogens (tertiary/aromatic N) is 3. The molecule has 5 nitrogen and oxygen atoms in total. The molecule has 0 radical (unpaired) electrons. The third kappa shape index (κ3) is 3.73. The molecule has 1 amide bonds. The molecule has 6 heteroatoms. The summed E-state index contributed by atoms with van der Waals surface area (Å²) in [6.07, 6.45) is 3.48. The second-order valence-corrected chi connectivity index (χ2v) is 7.57. The first-order chi connectivity index (χ1) is 13.6. The number of aryl methyl sites for hydroxylation is 2. The number of pyridine rings is 1. The van der Waals surface area contributed by atoms with Crippen molar-refractivity contribution in [2.45, 2.75) is 19.9 Å². The number of hydrogen-bond acceptors (Lipinski definition) is 4. The quantitative estimate of drug-likeness (QED) is 0.549. The molecule has 0 bridgehead atoms. The van der Waals surface area contributed by atoms with Crippen molar-refractivity contribution in [3.8, 4) is 5.69 Å². The van der Waals surface area contributed by atoms with E-state index >= 15 is 0 Å². The van der Waals surface area contributed by atoms with E-state index in [2.05, 4.69) is 15.4 Å². The Morgan fingerprint density at radius 2 is 1.89 bits per heavy atom. The highest BCUT2D eigenvalue weighted by molar-refractivity contribution is 7.10. The lowest BCUT2D eigenvalue weighted by atomic mass is 10.1.